The van der Waals surface area contributed by atoms with Gasteiger partial charge in [0, 0.05) is 10.8 Å². The van der Waals surface area contributed by atoms with E-state index in [0.717, 1.165) is 0 Å². The van der Waals surface area contributed by atoms with E-state index in [1.165, 1.54) is 23.9 Å². The number of hydrogen-bond donors (Lipinski definition) is 0. The van der Waals surface area contributed by atoms with E-state index < -0.39 is 9.84 Å². The van der Waals surface area contributed by atoms with Gasteiger partial charge in [0.2, 0.25) is 0 Å². The van der Waals surface area contributed by atoms with E-state index in [2.05, 4.69) is 10.2 Å². The van der Waals surface area contributed by atoms with Gasteiger partial charge in [0.15, 0.2) is 9.84 Å². The molecule has 3 rings (SSSR count). The molecule has 0 spiro atoms. The number of sulfone groups is 1. The minimum Gasteiger partial charge on any atom is -0.493 e. The van der Waals surface area contributed by atoms with E-state index in [9.17, 15) is 8.42 Å². The predicted molar refractivity (Wildman–Crippen MR) is 105 cm³/mol. The lowest BCUT2D eigenvalue weighted by Crippen LogP contribution is -2.08. The molecular weight excluding hydrogens is 408 g/mol. The maximum atomic E-state index is 12.3. The van der Waals surface area contributed by atoms with Gasteiger partial charge in [-0.15, -0.1) is 10.2 Å². The Hall–Kier alpha value is -2.03. The third-order valence-electron chi connectivity index (χ3n) is 3.57. The molecule has 0 unspecified atom stereocenters. The monoisotopic (exact) mass is 424 g/mol. The van der Waals surface area contributed by atoms with Crippen molar-refractivity contribution in [1.82, 2.24) is 10.2 Å². The first-order valence-electron chi connectivity index (χ1n) is 8.16. The average Bonchev–Trinajstić information content (AvgIpc) is 3.11. The Morgan fingerprint density at radius 2 is 1.85 bits per heavy atom. The molecule has 9 heteroatoms. The summed E-state index contributed by atoms with van der Waals surface area (Å²) in [7, 11) is -3.40. The lowest BCUT2D eigenvalue weighted by Gasteiger charge is -2.06. The van der Waals surface area contributed by atoms with Crippen LogP contribution in [0.5, 0.6) is 5.75 Å². The van der Waals surface area contributed by atoms with Crippen molar-refractivity contribution in [1.29, 1.82) is 0 Å². The minimum absolute atomic E-state index is 0.0491. The summed E-state index contributed by atoms with van der Waals surface area (Å²) < 4.78 is 35.9. The molecule has 0 N–H and O–H groups in total. The Kier molecular flexibility index (Phi) is 6.41. The molecular formula is C18H17ClN2O4S2. The van der Waals surface area contributed by atoms with Crippen molar-refractivity contribution in [2.24, 2.45) is 0 Å². The number of rotatable bonds is 8. The quantitative estimate of drug-likeness (QED) is 0.497. The summed E-state index contributed by atoms with van der Waals surface area (Å²) in [6.07, 6.45) is 0. The minimum atomic E-state index is -3.40. The summed E-state index contributed by atoms with van der Waals surface area (Å²) in [5.74, 6) is 1.24. The molecule has 6 nitrogen and oxygen atoms in total. The molecule has 0 aliphatic carbocycles. The van der Waals surface area contributed by atoms with Crippen LogP contribution in [-0.2, 0) is 9.84 Å². The molecule has 0 fully saturated rings. The van der Waals surface area contributed by atoms with Crippen LogP contribution in [0.4, 0.5) is 0 Å². The summed E-state index contributed by atoms with van der Waals surface area (Å²) in [5, 5.41) is 8.81. The van der Waals surface area contributed by atoms with Crippen LogP contribution in [0.25, 0.3) is 11.5 Å². The standard InChI is InChI=1S/C18H17ClN2O4S2/c1-2-24-16-6-4-3-5-15(16)17-20-21-18(25-17)26-11-12-27(22,23)14-9-7-13(19)8-10-14/h3-10H,2,11-12H2,1H3. The van der Waals surface area contributed by atoms with Crippen LogP contribution in [0, 0.1) is 0 Å². The number of nitrogens with zero attached hydrogens (tertiary/aromatic N) is 2. The molecule has 0 saturated heterocycles. The van der Waals surface area contributed by atoms with Gasteiger partial charge in [0.25, 0.3) is 11.1 Å². The second kappa shape index (κ2) is 8.77. The van der Waals surface area contributed by atoms with Crippen LogP contribution in [0.1, 0.15) is 6.92 Å². The zero-order valence-corrected chi connectivity index (χ0v) is 16.9. The molecule has 0 saturated carbocycles. The van der Waals surface area contributed by atoms with Gasteiger partial charge in [-0.2, -0.15) is 0 Å². The molecule has 1 heterocycles. The van der Waals surface area contributed by atoms with Crippen molar-refractivity contribution >= 4 is 33.2 Å². The molecule has 3 aromatic rings. The van der Waals surface area contributed by atoms with E-state index in [4.69, 9.17) is 20.8 Å². The zero-order chi connectivity index (χ0) is 19.3. The van der Waals surface area contributed by atoms with E-state index in [-0.39, 0.29) is 10.6 Å². The largest absolute Gasteiger partial charge is 0.493 e. The van der Waals surface area contributed by atoms with Crippen molar-refractivity contribution in [3.8, 4) is 17.2 Å². The van der Waals surface area contributed by atoms with Crippen LogP contribution in [0.2, 0.25) is 5.02 Å². The molecule has 0 bridgehead atoms. The summed E-state index contributed by atoms with van der Waals surface area (Å²) in [5.41, 5.74) is 0.701. The number of para-hydroxylation sites is 1. The highest BCUT2D eigenvalue weighted by atomic mass is 35.5. The average molecular weight is 425 g/mol. The Bertz CT molecular complexity index is 1000. The summed E-state index contributed by atoms with van der Waals surface area (Å²) >= 11 is 6.99. The fourth-order valence-electron chi connectivity index (χ4n) is 2.30. The number of benzene rings is 2. The van der Waals surface area contributed by atoms with Gasteiger partial charge in [0.05, 0.1) is 22.8 Å². The van der Waals surface area contributed by atoms with Crippen LogP contribution in [0.3, 0.4) is 0 Å². The lowest BCUT2D eigenvalue weighted by atomic mass is 10.2. The highest BCUT2D eigenvalue weighted by molar-refractivity contribution is 8.00. The molecule has 0 aliphatic rings. The zero-order valence-electron chi connectivity index (χ0n) is 14.5. The normalized spacial score (nSPS) is 11.5. The Morgan fingerprint density at radius 1 is 1.11 bits per heavy atom. The highest BCUT2D eigenvalue weighted by Crippen LogP contribution is 2.30. The van der Waals surface area contributed by atoms with E-state index >= 15 is 0 Å². The van der Waals surface area contributed by atoms with E-state index in [1.807, 2.05) is 31.2 Å². The summed E-state index contributed by atoms with van der Waals surface area (Å²) in [6.45, 7) is 2.42. The van der Waals surface area contributed by atoms with Gasteiger partial charge in [-0.1, -0.05) is 35.5 Å². The maximum absolute atomic E-state index is 12.3. The lowest BCUT2D eigenvalue weighted by molar-refractivity contribution is 0.340. The van der Waals surface area contributed by atoms with Crippen LogP contribution < -0.4 is 4.74 Å². The third kappa shape index (κ3) is 5.03. The number of halogens is 1. The molecule has 142 valence electrons. The Balaban J connectivity index is 1.64. The van der Waals surface area contributed by atoms with E-state index in [0.29, 0.717) is 39.8 Å². The first-order valence-corrected chi connectivity index (χ1v) is 11.2. The van der Waals surface area contributed by atoms with Gasteiger partial charge in [-0.25, -0.2) is 8.42 Å². The first kappa shape index (κ1) is 19.7. The smallest absolute Gasteiger partial charge is 0.276 e. The van der Waals surface area contributed by atoms with Crippen molar-refractivity contribution in [3.63, 3.8) is 0 Å². The van der Waals surface area contributed by atoms with Crippen molar-refractivity contribution in [2.45, 2.75) is 17.0 Å². The molecule has 0 amide bonds. The molecule has 27 heavy (non-hydrogen) atoms. The molecule has 1 aromatic heterocycles. The Labute approximate surface area is 166 Å². The predicted octanol–water partition coefficient (Wildman–Crippen LogP) is 4.35. The first-order chi connectivity index (χ1) is 13.0. The van der Waals surface area contributed by atoms with Gasteiger partial charge in [0.1, 0.15) is 5.75 Å². The second-order valence-corrected chi connectivity index (χ2v) is 9.02. The molecule has 2 aromatic carbocycles. The number of ether oxygens (including phenoxy) is 1. The molecule has 0 aliphatic heterocycles. The van der Waals surface area contributed by atoms with Gasteiger partial charge < -0.3 is 9.15 Å². The van der Waals surface area contributed by atoms with Gasteiger partial charge in [-0.05, 0) is 43.3 Å². The number of aromatic nitrogens is 2. The molecule has 0 atom stereocenters. The van der Waals surface area contributed by atoms with Crippen molar-refractivity contribution < 1.29 is 17.6 Å². The summed E-state index contributed by atoms with van der Waals surface area (Å²) in [4.78, 5) is 0.240. The number of thioether (sulfide) groups is 1. The van der Waals surface area contributed by atoms with E-state index in [1.54, 1.807) is 12.1 Å². The second-order valence-electron chi connectivity index (χ2n) is 5.42. The summed E-state index contributed by atoms with van der Waals surface area (Å²) in [6, 6.07) is 13.5. The fourth-order valence-corrected chi connectivity index (χ4v) is 4.83. The van der Waals surface area contributed by atoms with Crippen molar-refractivity contribution in [2.75, 3.05) is 18.1 Å². The van der Waals surface area contributed by atoms with Gasteiger partial charge in [-0.3, -0.25) is 0 Å². The van der Waals surface area contributed by atoms with Gasteiger partial charge >= 0.3 is 0 Å². The maximum Gasteiger partial charge on any atom is 0.276 e. The van der Waals surface area contributed by atoms with Crippen molar-refractivity contribution in [3.05, 3.63) is 53.6 Å². The van der Waals surface area contributed by atoms with Crippen LogP contribution in [0.15, 0.2) is 63.1 Å². The third-order valence-corrected chi connectivity index (χ3v) is 6.64. The fraction of sp³-hybridized carbons (Fsp3) is 0.222. The molecule has 0 radical (unpaired) electrons. The van der Waals surface area contributed by atoms with Crippen LogP contribution in [-0.4, -0.2) is 36.7 Å². The number of hydrogen-bond acceptors (Lipinski definition) is 7. The topological polar surface area (TPSA) is 82.3 Å². The van der Waals surface area contributed by atoms with Crippen LogP contribution >= 0.6 is 23.4 Å². The highest BCUT2D eigenvalue weighted by Gasteiger charge is 2.17. The SMILES string of the molecule is CCOc1ccccc1-c1nnc(SCCS(=O)(=O)c2ccc(Cl)cc2)o1. The Morgan fingerprint density at radius 3 is 2.59 bits per heavy atom.